The number of aryl methyl sites for hydroxylation is 1. The molecule has 0 aliphatic rings. The van der Waals surface area contributed by atoms with Crippen LogP contribution < -0.4 is 5.32 Å². The lowest BCUT2D eigenvalue weighted by Crippen LogP contribution is -2.27. The highest BCUT2D eigenvalue weighted by molar-refractivity contribution is 6.13. The van der Waals surface area contributed by atoms with Crippen molar-refractivity contribution in [2.45, 2.75) is 34.6 Å². The van der Waals surface area contributed by atoms with Crippen LogP contribution in [0.4, 0.5) is 4.39 Å². The van der Waals surface area contributed by atoms with Crippen LogP contribution in [0.3, 0.4) is 0 Å². The summed E-state index contributed by atoms with van der Waals surface area (Å²) in [7, 11) is 1.84. The molecule has 0 radical (unpaired) electrons. The number of aromatic nitrogens is 2. The Kier molecular flexibility index (Phi) is 8.33. The first-order valence-electron chi connectivity index (χ1n) is 13.0. The smallest absolute Gasteiger partial charge is 0.251 e. The molecule has 2 aromatic heterocycles. The zero-order valence-electron chi connectivity index (χ0n) is 22.4. The van der Waals surface area contributed by atoms with E-state index in [-0.39, 0.29) is 24.9 Å². The van der Waals surface area contributed by atoms with Gasteiger partial charge < -0.3 is 9.73 Å². The third-order valence-corrected chi connectivity index (χ3v) is 6.68. The molecule has 0 spiro atoms. The number of hydrogen-bond donors (Lipinski definition) is 1. The lowest BCUT2D eigenvalue weighted by atomic mass is 9.94. The monoisotopic (exact) mass is 539 g/mol. The average Bonchev–Trinajstić information content (AvgIpc) is 3.54. The Bertz CT molecular complexity index is 1680. The van der Waals surface area contributed by atoms with Crippen molar-refractivity contribution in [1.82, 2.24) is 15.1 Å². The molecular formula is C33H34FN3O3. The van der Waals surface area contributed by atoms with Crippen molar-refractivity contribution in [3.8, 4) is 33.6 Å². The van der Waals surface area contributed by atoms with E-state index in [1.807, 2.05) is 63.5 Å². The molecule has 1 amide bonds. The number of furan rings is 1. The summed E-state index contributed by atoms with van der Waals surface area (Å²) in [6.07, 6.45) is 3.92. The number of Topliss-reactive ketones (excluding diaryl/α,β-unsaturated/α-hetero) is 1. The molecule has 0 unspecified atom stereocenters. The van der Waals surface area contributed by atoms with E-state index in [4.69, 9.17) is 4.42 Å². The lowest BCUT2D eigenvalue weighted by molar-refractivity contribution is 0.0948. The van der Waals surface area contributed by atoms with E-state index < -0.39 is 0 Å². The molecule has 0 saturated heterocycles. The topological polar surface area (TPSA) is 77.1 Å². The Morgan fingerprint density at radius 3 is 2.30 bits per heavy atom. The van der Waals surface area contributed by atoms with Gasteiger partial charge in [0, 0.05) is 48.3 Å². The van der Waals surface area contributed by atoms with Gasteiger partial charge in [-0.25, -0.2) is 4.39 Å². The predicted octanol–water partition coefficient (Wildman–Crippen LogP) is 7.92. The van der Waals surface area contributed by atoms with Crippen molar-refractivity contribution in [3.63, 3.8) is 0 Å². The first-order chi connectivity index (χ1) is 18.7. The van der Waals surface area contributed by atoms with Crippen LogP contribution in [0.5, 0.6) is 0 Å². The van der Waals surface area contributed by atoms with Gasteiger partial charge in [0.15, 0.2) is 5.78 Å². The minimum absolute atomic E-state index is 0. The first kappa shape index (κ1) is 28.5. The van der Waals surface area contributed by atoms with Crippen molar-refractivity contribution in [2.24, 2.45) is 13.0 Å². The highest BCUT2D eigenvalue weighted by atomic mass is 19.1. The van der Waals surface area contributed by atoms with Gasteiger partial charge in [-0.3, -0.25) is 14.3 Å². The highest BCUT2D eigenvalue weighted by Crippen LogP contribution is 2.37. The summed E-state index contributed by atoms with van der Waals surface area (Å²) in [4.78, 5) is 26.4. The van der Waals surface area contributed by atoms with Gasteiger partial charge in [-0.15, -0.1) is 0 Å². The van der Waals surface area contributed by atoms with Crippen molar-refractivity contribution in [3.05, 3.63) is 90.0 Å². The number of carbonyl (C=O) groups excluding carboxylic acids is 2. The second kappa shape index (κ2) is 11.7. The number of ketones is 1. The fourth-order valence-electron chi connectivity index (χ4n) is 4.65. The number of nitrogens with one attached hydrogen (secondary N) is 1. The molecule has 2 heterocycles. The lowest BCUT2D eigenvalue weighted by Gasteiger charge is -2.13. The van der Waals surface area contributed by atoms with Crippen molar-refractivity contribution in [1.29, 1.82) is 0 Å². The van der Waals surface area contributed by atoms with Crippen molar-refractivity contribution >= 4 is 22.7 Å². The van der Waals surface area contributed by atoms with Gasteiger partial charge in [0.25, 0.3) is 5.91 Å². The van der Waals surface area contributed by atoms with Crippen molar-refractivity contribution in [2.75, 3.05) is 6.54 Å². The predicted molar refractivity (Wildman–Crippen MR) is 158 cm³/mol. The number of carbonyl (C=O) groups is 2. The molecule has 5 rings (SSSR count). The molecule has 5 aromatic rings. The van der Waals surface area contributed by atoms with Crippen molar-refractivity contribution < 1.29 is 18.4 Å². The van der Waals surface area contributed by atoms with E-state index in [2.05, 4.69) is 10.4 Å². The molecule has 0 bridgehead atoms. The van der Waals surface area contributed by atoms with E-state index in [9.17, 15) is 14.0 Å². The quantitative estimate of drug-likeness (QED) is 0.203. The number of halogens is 1. The van der Waals surface area contributed by atoms with Gasteiger partial charge in [0.2, 0.25) is 0 Å². The van der Waals surface area contributed by atoms with Crippen LogP contribution in [-0.2, 0) is 7.05 Å². The minimum Gasteiger partial charge on any atom is -0.455 e. The summed E-state index contributed by atoms with van der Waals surface area (Å²) in [5, 5.41) is 7.98. The number of hydrogen-bond acceptors (Lipinski definition) is 4. The van der Waals surface area contributed by atoms with Gasteiger partial charge in [0.1, 0.15) is 17.2 Å². The van der Waals surface area contributed by atoms with Gasteiger partial charge in [0.05, 0.1) is 11.8 Å². The molecule has 0 fully saturated rings. The van der Waals surface area contributed by atoms with Crippen LogP contribution in [0.1, 0.15) is 55.3 Å². The summed E-state index contributed by atoms with van der Waals surface area (Å²) in [5.74, 6) is 0.158. The van der Waals surface area contributed by atoms with Gasteiger partial charge in [-0.1, -0.05) is 46.4 Å². The molecule has 3 aromatic carbocycles. The summed E-state index contributed by atoms with van der Waals surface area (Å²) >= 11 is 0. The Balaban J connectivity index is 0.00000370. The summed E-state index contributed by atoms with van der Waals surface area (Å²) in [5.41, 5.74) is 5.54. The number of fused-ring (bicyclic) bond motifs is 1. The summed E-state index contributed by atoms with van der Waals surface area (Å²) < 4.78 is 21.4. The molecule has 0 saturated carbocycles. The zero-order chi connectivity index (χ0) is 27.7. The number of rotatable bonds is 8. The molecule has 206 valence electrons. The van der Waals surface area contributed by atoms with Crippen LogP contribution in [0.15, 0.2) is 77.5 Å². The maximum Gasteiger partial charge on any atom is 0.251 e. The van der Waals surface area contributed by atoms with Gasteiger partial charge >= 0.3 is 0 Å². The molecule has 0 aliphatic heterocycles. The molecule has 0 atom stereocenters. The SMILES string of the molecule is C.CCC(=O)c1c(-c2ccc(F)cc2)oc2ccc(-c3ccc(-c4cnn(C)c4)c(C(=O)NCC(C)C)c3)cc12. The van der Waals surface area contributed by atoms with Crippen LogP contribution in [-0.4, -0.2) is 28.0 Å². The third kappa shape index (κ3) is 5.59. The molecule has 6 nitrogen and oxygen atoms in total. The Labute approximate surface area is 233 Å². The molecule has 7 heteroatoms. The highest BCUT2D eigenvalue weighted by Gasteiger charge is 2.22. The van der Waals surface area contributed by atoms with Gasteiger partial charge in [-0.05, 0) is 65.1 Å². The summed E-state index contributed by atoms with van der Waals surface area (Å²) in [6, 6.07) is 17.4. The number of benzene rings is 3. The molecule has 1 N–H and O–H groups in total. The van der Waals surface area contributed by atoms with E-state index in [0.717, 1.165) is 22.3 Å². The average molecular weight is 540 g/mol. The van der Waals surface area contributed by atoms with Crippen LogP contribution in [0.2, 0.25) is 0 Å². The Morgan fingerprint density at radius 1 is 0.975 bits per heavy atom. The number of nitrogens with zero attached hydrogens (tertiary/aromatic N) is 2. The fourth-order valence-corrected chi connectivity index (χ4v) is 4.65. The molecule has 40 heavy (non-hydrogen) atoms. The Morgan fingerprint density at radius 2 is 1.65 bits per heavy atom. The molecular weight excluding hydrogens is 505 g/mol. The van der Waals surface area contributed by atoms with Gasteiger partial charge in [-0.2, -0.15) is 5.10 Å². The summed E-state index contributed by atoms with van der Waals surface area (Å²) in [6.45, 7) is 6.46. The minimum atomic E-state index is -0.358. The first-order valence-corrected chi connectivity index (χ1v) is 13.0. The van der Waals surface area contributed by atoms with E-state index >= 15 is 0 Å². The van der Waals surface area contributed by atoms with E-state index in [0.29, 0.717) is 52.3 Å². The van der Waals surface area contributed by atoms with Crippen LogP contribution in [0.25, 0.3) is 44.5 Å². The van der Waals surface area contributed by atoms with Crippen LogP contribution >= 0.6 is 0 Å². The normalized spacial score (nSPS) is 11.1. The molecule has 0 aliphatic carbocycles. The largest absolute Gasteiger partial charge is 0.455 e. The Hall–Kier alpha value is -4.52. The number of amides is 1. The maximum absolute atomic E-state index is 13.6. The fraction of sp³-hybridized carbons (Fsp3) is 0.242. The zero-order valence-corrected chi connectivity index (χ0v) is 22.4. The van der Waals surface area contributed by atoms with E-state index in [1.165, 1.54) is 12.1 Å². The second-order valence-electron chi connectivity index (χ2n) is 10.1. The standard InChI is InChI=1S/C32H30FN3O3.CH4/c1-5-28(37)30-27-15-22(9-13-29(27)39-31(30)20-6-10-24(33)11-7-20)21-8-12-25(23-17-35-36(4)18-23)26(14-21)32(38)34-16-19(2)3;/h6-15,17-19H,5,16H2,1-4H3,(H,34,38);1H4. The third-order valence-electron chi connectivity index (χ3n) is 6.68. The second-order valence-corrected chi connectivity index (χ2v) is 10.1. The maximum atomic E-state index is 13.6. The van der Waals surface area contributed by atoms with E-state index in [1.54, 1.807) is 29.9 Å². The van der Waals surface area contributed by atoms with Crippen LogP contribution in [0, 0.1) is 11.7 Å².